The number of benzene rings is 2. The Labute approximate surface area is 298 Å². The lowest BCUT2D eigenvalue weighted by Crippen LogP contribution is -2.55. The minimum atomic E-state index is -1.20. The number of hydrogen-bond donors (Lipinski definition) is 4. The molecule has 0 bridgehead atoms. The number of esters is 1. The molecule has 0 saturated heterocycles. The molecule has 0 fully saturated rings. The van der Waals surface area contributed by atoms with Crippen molar-refractivity contribution in [1.29, 1.82) is 0 Å². The maximum atomic E-state index is 13.9. The van der Waals surface area contributed by atoms with Crippen molar-refractivity contribution < 1.29 is 43.3 Å². The number of carbonyl (C=O) groups is 5. The summed E-state index contributed by atoms with van der Waals surface area (Å²) >= 11 is 0. The van der Waals surface area contributed by atoms with Gasteiger partial charge in [0.25, 0.3) is 0 Å². The number of rotatable bonds is 17. The minimum Gasteiger partial charge on any atom is -0.497 e. The zero-order valence-electron chi connectivity index (χ0n) is 30.2. The maximum absolute atomic E-state index is 13.9. The van der Waals surface area contributed by atoms with Gasteiger partial charge in [0.2, 0.25) is 17.7 Å². The molecule has 2 aromatic carbocycles. The Morgan fingerprint density at radius 3 is 2.24 bits per heavy atom. The predicted octanol–water partition coefficient (Wildman–Crippen LogP) is 4.43. The van der Waals surface area contributed by atoms with Crippen LogP contribution in [0.25, 0.3) is 22.2 Å². The van der Waals surface area contributed by atoms with E-state index in [1.165, 1.54) is 13.2 Å². The number of pyridine rings is 1. The standard InChI is InChI=1S/C38H48N4O9/c1-8-13-28(37(47)48)41-35(45)26(25(9-2)34(44)42-33(38(3,4)5)36(46)39-22-32(43)50-7)18-19-51-31-21-29(23-14-11-10-12-15-23)40-30-20-24(49-6)16-17-27(30)31/h9-12,14-17,20-21,26,28,33H,8,13,18-19,22H2,1-7H3,(H,39,46)(H,41,45)(H,42,44)(H,47,48)/b25-9+/t26-,28-,33?/m0/s1. The van der Waals surface area contributed by atoms with Gasteiger partial charge in [-0.1, -0.05) is 70.5 Å². The van der Waals surface area contributed by atoms with Crippen LogP contribution >= 0.6 is 0 Å². The number of aromatic nitrogens is 1. The SMILES string of the molecule is C/C=C(/C(=O)NC(C(=O)NCC(=O)OC)C(C)(C)C)[C@H](CCOc1cc(-c2ccccc2)nc2cc(OC)ccc12)C(=O)N[C@@H](CCC)C(=O)O. The van der Waals surface area contributed by atoms with Crippen LogP contribution in [0.5, 0.6) is 11.5 Å². The number of carboxylic acid groups (broad SMARTS) is 1. The largest absolute Gasteiger partial charge is 0.497 e. The van der Waals surface area contributed by atoms with Gasteiger partial charge >= 0.3 is 11.9 Å². The Hall–Kier alpha value is -5.46. The Morgan fingerprint density at radius 1 is 0.941 bits per heavy atom. The van der Waals surface area contributed by atoms with Crippen LogP contribution in [0.2, 0.25) is 0 Å². The molecule has 13 heteroatoms. The van der Waals surface area contributed by atoms with Gasteiger partial charge in [0, 0.05) is 28.7 Å². The van der Waals surface area contributed by atoms with E-state index in [1.807, 2.05) is 36.4 Å². The molecule has 13 nitrogen and oxygen atoms in total. The van der Waals surface area contributed by atoms with Gasteiger partial charge in [-0.25, -0.2) is 9.78 Å². The molecule has 1 aromatic heterocycles. The van der Waals surface area contributed by atoms with E-state index in [4.69, 9.17) is 14.5 Å². The Bertz CT molecular complexity index is 1730. The van der Waals surface area contributed by atoms with Crippen LogP contribution in [0.1, 0.15) is 53.9 Å². The lowest BCUT2D eigenvalue weighted by Gasteiger charge is -2.31. The van der Waals surface area contributed by atoms with Gasteiger partial charge in [-0.15, -0.1) is 0 Å². The summed E-state index contributed by atoms with van der Waals surface area (Å²) < 4.78 is 16.3. The van der Waals surface area contributed by atoms with E-state index in [2.05, 4.69) is 20.7 Å². The average Bonchev–Trinajstić information content (AvgIpc) is 3.11. The number of nitrogens with one attached hydrogen (secondary N) is 3. The molecule has 0 radical (unpaired) electrons. The van der Waals surface area contributed by atoms with Gasteiger partial charge in [0.15, 0.2) is 0 Å². The second-order valence-corrected chi connectivity index (χ2v) is 12.9. The van der Waals surface area contributed by atoms with E-state index in [0.717, 1.165) is 5.56 Å². The van der Waals surface area contributed by atoms with Gasteiger partial charge < -0.3 is 35.3 Å². The number of nitrogens with zero attached hydrogens (tertiary/aromatic N) is 1. The average molecular weight is 705 g/mol. The van der Waals surface area contributed by atoms with Crippen molar-refractivity contribution in [3.8, 4) is 22.8 Å². The number of methoxy groups -OCH3 is 2. The first kappa shape index (κ1) is 40.0. The molecule has 3 rings (SSSR count). The van der Waals surface area contributed by atoms with Gasteiger partial charge in [0.1, 0.15) is 30.1 Å². The van der Waals surface area contributed by atoms with Crippen LogP contribution in [0.15, 0.2) is 66.2 Å². The molecule has 0 aliphatic carbocycles. The normalized spacial score (nSPS) is 13.4. The first-order chi connectivity index (χ1) is 24.2. The third kappa shape index (κ3) is 11.0. The molecule has 51 heavy (non-hydrogen) atoms. The fraction of sp³-hybridized carbons (Fsp3) is 0.421. The predicted molar refractivity (Wildman–Crippen MR) is 192 cm³/mol. The van der Waals surface area contributed by atoms with Gasteiger partial charge in [0.05, 0.1) is 38.0 Å². The highest BCUT2D eigenvalue weighted by molar-refractivity contribution is 6.03. The fourth-order valence-electron chi connectivity index (χ4n) is 5.43. The first-order valence-electron chi connectivity index (χ1n) is 16.8. The van der Waals surface area contributed by atoms with E-state index in [9.17, 15) is 29.1 Å². The van der Waals surface area contributed by atoms with Crippen LogP contribution in [0, 0.1) is 11.3 Å². The van der Waals surface area contributed by atoms with Crippen molar-refractivity contribution in [3.63, 3.8) is 0 Å². The number of aliphatic carboxylic acids is 1. The van der Waals surface area contributed by atoms with Crippen LogP contribution in [0.4, 0.5) is 0 Å². The summed E-state index contributed by atoms with van der Waals surface area (Å²) in [5.74, 6) is -3.94. The van der Waals surface area contributed by atoms with Crippen LogP contribution < -0.4 is 25.4 Å². The summed E-state index contributed by atoms with van der Waals surface area (Å²) in [6.07, 6.45) is 2.12. The summed E-state index contributed by atoms with van der Waals surface area (Å²) in [6, 6.07) is 14.5. The summed E-state index contributed by atoms with van der Waals surface area (Å²) in [6.45, 7) is 8.16. The lowest BCUT2D eigenvalue weighted by atomic mass is 9.85. The molecular weight excluding hydrogens is 656 g/mol. The number of allylic oxidation sites excluding steroid dienone is 1. The fourth-order valence-corrected chi connectivity index (χ4v) is 5.43. The number of carbonyl (C=O) groups excluding carboxylic acids is 4. The Morgan fingerprint density at radius 2 is 1.65 bits per heavy atom. The van der Waals surface area contributed by atoms with E-state index in [0.29, 0.717) is 34.5 Å². The quantitative estimate of drug-likeness (QED) is 0.116. The molecule has 3 atom stereocenters. The van der Waals surface area contributed by atoms with E-state index < -0.39 is 59.6 Å². The first-order valence-corrected chi connectivity index (χ1v) is 16.8. The Balaban J connectivity index is 1.96. The number of carboxylic acids is 1. The van der Waals surface area contributed by atoms with Gasteiger partial charge in [-0.05, 0) is 37.3 Å². The van der Waals surface area contributed by atoms with Crippen molar-refractivity contribution >= 4 is 40.6 Å². The van der Waals surface area contributed by atoms with E-state index in [-0.39, 0.29) is 25.0 Å². The molecule has 1 unspecified atom stereocenters. The Kier molecular flexibility index (Phi) is 14.5. The van der Waals surface area contributed by atoms with Crippen molar-refractivity contribution in [2.75, 3.05) is 27.4 Å². The third-order valence-electron chi connectivity index (χ3n) is 8.21. The molecule has 0 spiro atoms. The lowest BCUT2D eigenvalue weighted by molar-refractivity contribution is -0.142. The van der Waals surface area contributed by atoms with Crippen molar-refractivity contribution in [1.82, 2.24) is 20.9 Å². The molecule has 3 aromatic rings. The number of ether oxygens (including phenoxy) is 3. The van der Waals surface area contributed by atoms with Gasteiger partial charge in [-0.2, -0.15) is 0 Å². The molecule has 0 aliphatic rings. The molecule has 3 amide bonds. The molecule has 1 heterocycles. The molecular formula is C38H48N4O9. The minimum absolute atomic E-state index is 0.0149. The number of amides is 3. The smallest absolute Gasteiger partial charge is 0.326 e. The zero-order valence-corrected chi connectivity index (χ0v) is 30.2. The monoisotopic (exact) mass is 704 g/mol. The molecule has 0 saturated carbocycles. The topological polar surface area (TPSA) is 182 Å². The maximum Gasteiger partial charge on any atom is 0.326 e. The van der Waals surface area contributed by atoms with Crippen molar-refractivity contribution in [2.24, 2.45) is 11.3 Å². The second-order valence-electron chi connectivity index (χ2n) is 12.9. The second kappa shape index (κ2) is 18.5. The van der Waals surface area contributed by atoms with E-state index >= 15 is 0 Å². The van der Waals surface area contributed by atoms with E-state index in [1.54, 1.807) is 59.9 Å². The summed E-state index contributed by atoms with van der Waals surface area (Å²) in [4.78, 5) is 69.3. The zero-order chi connectivity index (χ0) is 37.7. The van der Waals surface area contributed by atoms with Crippen LogP contribution in [0.3, 0.4) is 0 Å². The van der Waals surface area contributed by atoms with Crippen molar-refractivity contribution in [3.05, 3.63) is 66.2 Å². The molecule has 0 aliphatic heterocycles. The number of hydrogen-bond acceptors (Lipinski definition) is 9. The number of fused-ring (bicyclic) bond motifs is 1. The highest BCUT2D eigenvalue weighted by Crippen LogP contribution is 2.33. The summed E-state index contributed by atoms with van der Waals surface area (Å²) in [5, 5.41) is 18.3. The van der Waals surface area contributed by atoms with Crippen LogP contribution in [-0.4, -0.2) is 79.2 Å². The molecule has 4 N–H and O–H groups in total. The highest BCUT2D eigenvalue weighted by Gasteiger charge is 2.36. The molecule has 274 valence electrons. The highest BCUT2D eigenvalue weighted by atomic mass is 16.5. The van der Waals surface area contributed by atoms with Gasteiger partial charge in [-0.3, -0.25) is 19.2 Å². The summed E-state index contributed by atoms with van der Waals surface area (Å²) in [5.41, 5.74) is 1.35. The summed E-state index contributed by atoms with van der Waals surface area (Å²) in [7, 11) is 2.75. The third-order valence-corrected chi connectivity index (χ3v) is 8.21. The van der Waals surface area contributed by atoms with Crippen LogP contribution in [-0.2, 0) is 28.7 Å². The van der Waals surface area contributed by atoms with Crippen molar-refractivity contribution in [2.45, 2.75) is 66.0 Å².